The molecular formula is C18H31IN4O2S. The summed E-state index contributed by atoms with van der Waals surface area (Å²) in [6.07, 6.45) is 1.75. The summed E-state index contributed by atoms with van der Waals surface area (Å²) in [4.78, 5) is 6.56. The van der Waals surface area contributed by atoms with Crippen molar-refractivity contribution in [3.63, 3.8) is 0 Å². The number of anilines is 1. The van der Waals surface area contributed by atoms with Crippen LogP contribution in [0.1, 0.15) is 19.8 Å². The molecule has 148 valence electrons. The molecule has 1 aliphatic heterocycles. The summed E-state index contributed by atoms with van der Waals surface area (Å²) in [6.45, 7) is 5.60. The number of aliphatic imine (C=N–C) groups is 1. The summed E-state index contributed by atoms with van der Waals surface area (Å²) in [5.41, 5.74) is 1.25. The normalized spacial score (nSPS) is 18.8. The van der Waals surface area contributed by atoms with E-state index < -0.39 is 9.84 Å². The van der Waals surface area contributed by atoms with Crippen LogP contribution in [-0.2, 0) is 9.84 Å². The van der Waals surface area contributed by atoms with Gasteiger partial charge in [-0.15, -0.1) is 24.0 Å². The highest BCUT2D eigenvalue weighted by Gasteiger charge is 2.27. The minimum Gasteiger partial charge on any atom is -0.372 e. The summed E-state index contributed by atoms with van der Waals surface area (Å²) < 4.78 is 23.0. The molecule has 1 fully saturated rings. The van der Waals surface area contributed by atoms with E-state index in [0.29, 0.717) is 18.1 Å². The van der Waals surface area contributed by atoms with Gasteiger partial charge in [-0.05, 0) is 37.8 Å². The van der Waals surface area contributed by atoms with E-state index in [2.05, 4.69) is 51.7 Å². The van der Waals surface area contributed by atoms with Crippen LogP contribution in [0.3, 0.4) is 0 Å². The Hall–Kier alpha value is -1.03. The number of guanidine groups is 1. The predicted molar refractivity (Wildman–Crippen MR) is 120 cm³/mol. The van der Waals surface area contributed by atoms with Gasteiger partial charge < -0.3 is 15.5 Å². The van der Waals surface area contributed by atoms with Gasteiger partial charge in [-0.3, -0.25) is 4.99 Å². The van der Waals surface area contributed by atoms with Crippen LogP contribution < -0.4 is 15.5 Å². The van der Waals surface area contributed by atoms with Crippen LogP contribution >= 0.6 is 24.0 Å². The second kappa shape index (κ2) is 11.6. The molecule has 2 rings (SSSR count). The molecule has 1 atom stereocenters. The van der Waals surface area contributed by atoms with E-state index in [1.807, 2.05) is 6.07 Å². The van der Waals surface area contributed by atoms with E-state index in [1.165, 1.54) is 5.69 Å². The van der Waals surface area contributed by atoms with Crippen molar-refractivity contribution in [2.45, 2.75) is 19.8 Å². The Kier molecular flexibility index (Phi) is 10.3. The third-order valence-corrected chi connectivity index (χ3v) is 6.35. The summed E-state index contributed by atoms with van der Waals surface area (Å²) in [6, 6.07) is 10.4. The van der Waals surface area contributed by atoms with Crippen molar-refractivity contribution in [1.82, 2.24) is 10.6 Å². The molecule has 0 amide bonds. The first-order chi connectivity index (χ1) is 12.0. The Balaban J connectivity index is 0.00000338. The van der Waals surface area contributed by atoms with Crippen LogP contribution in [0, 0.1) is 5.92 Å². The van der Waals surface area contributed by atoms with Crippen LogP contribution in [0.2, 0.25) is 0 Å². The molecule has 0 radical (unpaired) electrons. The lowest BCUT2D eigenvalue weighted by molar-refractivity contribution is 0.566. The van der Waals surface area contributed by atoms with Crippen molar-refractivity contribution in [3.05, 3.63) is 30.3 Å². The van der Waals surface area contributed by atoms with Crippen LogP contribution in [0.5, 0.6) is 0 Å². The molecule has 1 unspecified atom stereocenters. The lowest BCUT2D eigenvalue weighted by Crippen LogP contribution is -2.41. The molecule has 0 saturated carbocycles. The van der Waals surface area contributed by atoms with Gasteiger partial charge in [0, 0.05) is 38.9 Å². The Morgan fingerprint density at radius 1 is 1.27 bits per heavy atom. The molecule has 1 aliphatic rings. The Morgan fingerprint density at radius 2 is 2.00 bits per heavy atom. The summed E-state index contributed by atoms with van der Waals surface area (Å²) in [7, 11) is -1.08. The first-order valence-electron chi connectivity index (χ1n) is 8.99. The summed E-state index contributed by atoms with van der Waals surface area (Å²) in [5, 5.41) is 6.55. The van der Waals surface area contributed by atoms with E-state index in [9.17, 15) is 8.42 Å². The second-order valence-corrected chi connectivity index (χ2v) is 8.65. The smallest absolute Gasteiger partial charge is 0.190 e. The monoisotopic (exact) mass is 494 g/mol. The van der Waals surface area contributed by atoms with Gasteiger partial charge in [0.05, 0.1) is 11.5 Å². The molecule has 1 aromatic rings. The van der Waals surface area contributed by atoms with Gasteiger partial charge >= 0.3 is 0 Å². The number of hydrogen-bond donors (Lipinski definition) is 2. The number of nitrogens with zero attached hydrogens (tertiary/aromatic N) is 2. The number of nitrogens with one attached hydrogen (secondary N) is 2. The zero-order valence-corrected chi connectivity index (χ0v) is 18.8. The summed E-state index contributed by atoms with van der Waals surface area (Å²) >= 11 is 0. The molecule has 6 nitrogen and oxygen atoms in total. The highest BCUT2D eigenvalue weighted by Crippen LogP contribution is 2.17. The topological polar surface area (TPSA) is 73.8 Å². The van der Waals surface area contributed by atoms with E-state index in [4.69, 9.17) is 0 Å². The average Bonchev–Trinajstić information content (AvgIpc) is 2.97. The lowest BCUT2D eigenvalue weighted by Gasteiger charge is -2.23. The van der Waals surface area contributed by atoms with E-state index in [-0.39, 0.29) is 29.9 Å². The van der Waals surface area contributed by atoms with Crippen LogP contribution in [0.4, 0.5) is 5.69 Å². The maximum absolute atomic E-state index is 11.5. The second-order valence-electron chi connectivity index (χ2n) is 6.42. The van der Waals surface area contributed by atoms with Crippen molar-refractivity contribution in [1.29, 1.82) is 0 Å². The predicted octanol–water partition coefficient (Wildman–Crippen LogP) is 2.12. The zero-order chi connectivity index (χ0) is 18.1. The standard InChI is InChI=1S/C18H30N4O2S.HI/c1-3-22(17-8-5-4-6-9-17)12-7-11-20-18(19-2)21-14-16-10-13-25(23,24)15-16;/h4-6,8-9,16H,3,7,10-15H2,1-2H3,(H2,19,20,21);1H. The van der Waals surface area contributed by atoms with Gasteiger partial charge in [0.15, 0.2) is 15.8 Å². The van der Waals surface area contributed by atoms with Crippen molar-refractivity contribution < 1.29 is 8.42 Å². The minimum atomic E-state index is -2.82. The van der Waals surface area contributed by atoms with E-state index >= 15 is 0 Å². The number of sulfone groups is 1. The molecule has 2 N–H and O–H groups in total. The molecular weight excluding hydrogens is 463 g/mol. The van der Waals surface area contributed by atoms with Crippen molar-refractivity contribution in [2.75, 3.05) is 49.6 Å². The largest absolute Gasteiger partial charge is 0.372 e. The number of para-hydroxylation sites is 1. The molecule has 0 aliphatic carbocycles. The van der Waals surface area contributed by atoms with Crippen LogP contribution in [0.25, 0.3) is 0 Å². The fourth-order valence-corrected chi connectivity index (χ4v) is 4.94. The third-order valence-electron chi connectivity index (χ3n) is 4.51. The Labute approximate surface area is 174 Å². The van der Waals surface area contributed by atoms with Crippen molar-refractivity contribution in [2.24, 2.45) is 10.9 Å². The molecule has 0 bridgehead atoms. The number of halogens is 1. The fourth-order valence-electron chi connectivity index (χ4n) is 3.08. The third kappa shape index (κ3) is 7.69. The Bertz CT molecular complexity index is 652. The van der Waals surface area contributed by atoms with Gasteiger partial charge in [0.25, 0.3) is 0 Å². The lowest BCUT2D eigenvalue weighted by atomic mass is 10.1. The van der Waals surface area contributed by atoms with Crippen LogP contribution in [0.15, 0.2) is 35.3 Å². The van der Waals surface area contributed by atoms with Gasteiger partial charge in [0.2, 0.25) is 0 Å². The summed E-state index contributed by atoms with van der Waals surface area (Å²) in [5.74, 6) is 1.54. The fraction of sp³-hybridized carbons (Fsp3) is 0.611. The van der Waals surface area contributed by atoms with Crippen molar-refractivity contribution in [3.8, 4) is 0 Å². The van der Waals surface area contributed by atoms with Gasteiger partial charge in [-0.25, -0.2) is 8.42 Å². The Morgan fingerprint density at radius 3 is 2.58 bits per heavy atom. The molecule has 26 heavy (non-hydrogen) atoms. The zero-order valence-electron chi connectivity index (χ0n) is 15.6. The number of hydrogen-bond acceptors (Lipinski definition) is 4. The quantitative estimate of drug-likeness (QED) is 0.251. The van der Waals surface area contributed by atoms with E-state index in [1.54, 1.807) is 7.05 Å². The van der Waals surface area contributed by atoms with Gasteiger partial charge in [0.1, 0.15) is 0 Å². The molecule has 8 heteroatoms. The van der Waals surface area contributed by atoms with E-state index in [0.717, 1.165) is 38.4 Å². The highest BCUT2D eigenvalue weighted by molar-refractivity contribution is 14.0. The molecule has 1 saturated heterocycles. The first-order valence-corrected chi connectivity index (χ1v) is 10.8. The SMILES string of the molecule is CCN(CCCNC(=NC)NCC1CCS(=O)(=O)C1)c1ccccc1.I. The molecule has 0 spiro atoms. The minimum absolute atomic E-state index is 0. The molecule has 1 heterocycles. The average molecular weight is 494 g/mol. The van der Waals surface area contributed by atoms with Crippen molar-refractivity contribution >= 4 is 45.5 Å². The van der Waals surface area contributed by atoms with Crippen LogP contribution in [-0.4, -0.2) is 59.1 Å². The highest BCUT2D eigenvalue weighted by atomic mass is 127. The first kappa shape index (κ1) is 23.0. The van der Waals surface area contributed by atoms with Gasteiger partial charge in [-0.2, -0.15) is 0 Å². The number of rotatable bonds is 8. The number of benzene rings is 1. The maximum atomic E-state index is 11.5. The molecule has 0 aromatic heterocycles. The molecule has 1 aromatic carbocycles. The maximum Gasteiger partial charge on any atom is 0.190 e. The van der Waals surface area contributed by atoms with Gasteiger partial charge in [-0.1, -0.05) is 18.2 Å².